The molecule has 1 saturated carbocycles. The van der Waals surface area contributed by atoms with E-state index in [4.69, 9.17) is 0 Å². The van der Waals surface area contributed by atoms with Gasteiger partial charge in [0.25, 0.3) is 0 Å². The molecule has 0 saturated heterocycles. The summed E-state index contributed by atoms with van der Waals surface area (Å²) >= 11 is 0. The number of phenols is 1. The SMILES string of the molecule is CCCCN(CC1CCCCC1)c1ccc(O)cc1. The third kappa shape index (κ3) is 4.45. The zero-order valence-electron chi connectivity index (χ0n) is 12.1. The van der Waals surface area contributed by atoms with Gasteiger partial charge in [-0.25, -0.2) is 0 Å². The van der Waals surface area contributed by atoms with E-state index in [2.05, 4.69) is 11.8 Å². The van der Waals surface area contributed by atoms with Gasteiger partial charge in [-0.05, 0) is 49.4 Å². The smallest absolute Gasteiger partial charge is 0.115 e. The third-order valence-corrected chi connectivity index (χ3v) is 4.20. The van der Waals surface area contributed by atoms with E-state index in [0.29, 0.717) is 5.75 Å². The minimum atomic E-state index is 0.358. The summed E-state index contributed by atoms with van der Waals surface area (Å²) in [6.45, 7) is 4.57. The average Bonchev–Trinajstić information content (AvgIpc) is 2.45. The lowest BCUT2D eigenvalue weighted by Crippen LogP contribution is -2.31. The number of rotatable bonds is 6. The number of hydrogen-bond donors (Lipinski definition) is 1. The Bertz CT molecular complexity index is 354. The monoisotopic (exact) mass is 261 g/mol. The van der Waals surface area contributed by atoms with Gasteiger partial charge in [-0.15, -0.1) is 0 Å². The Kier molecular flexibility index (Phi) is 5.56. The van der Waals surface area contributed by atoms with Crippen molar-refractivity contribution in [1.82, 2.24) is 0 Å². The van der Waals surface area contributed by atoms with Crippen LogP contribution in [0.4, 0.5) is 5.69 Å². The molecule has 0 bridgehead atoms. The van der Waals surface area contributed by atoms with E-state index in [9.17, 15) is 5.11 Å². The topological polar surface area (TPSA) is 23.5 Å². The van der Waals surface area contributed by atoms with E-state index in [1.54, 1.807) is 12.1 Å². The number of aromatic hydroxyl groups is 1. The van der Waals surface area contributed by atoms with Crippen LogP contribution in [0.1, 0.15) is 51.9 Å². The predicted molar refractivity (Wildman–Crippen MR) is 81.8 cm³/mol. The highest BCUT2D eigenvalue weighted by Gasteiger charge is 2.17. The summed E-state index contributed by atoms with van der Waals surface area (Å²) in [6, 6.07) is 7.70. The molecule has 0 spiro atoms. The molecule has 0 aromatic heterocycles. The molecule has 0 aliphatic heterocycles. The second-order valence-corrected chi connectivity index (χ2v) is 5.82. The van der Waals surface area contributed by atoms with Gasteiger partial charge in [-0.2, -0.15) is 0 Å². The number of phenolic OH excluding ortho intramolecular Hbond substituents is 1. The minimum Gasteiger partial charge on any atom is -0.508 e. The van der Waals surface area contributed by atoms with E-state index < -0.39 is 0 Å². The molecule has 1 aliphatic rings. The lowest BCUT2D eigenvalue weighted by Gasteiger charge is -2.31. The largest absolute Gasteiger partial charge is 0.508 e. The summed E-state index contributed by atoms with van der Waals surface area (Å²) in [7, 11) is 0. The van der Waals surface area contributed by atoms with Gasteiger partial charge in [-0.1, -0.05) is 32.6 Å². The molecule has 2 nitrogen and oxygen atoms in total. The first-order chi connectivity index (χ1) is 9.29. The van der Waals surface area contributed by atoms with E-state index in [0.717, 1.165) is 12.5 Å². The molecule has 1 fully saturated rings. The molecule has 0 amide bonds. The number of nitrogens with zero attached hydrogens (tertiary/aromatic N) is 1. The van der Waals surface area contributed by atoms with Crippen LogP contribution in [0, 0.1) is 5.92 Å². The van der Waals surface area contributed by atoms with Gasteiger partial charge in [0.05, 0.1) is 0 Å². The summed E-state index contributed by atoms with van der Waals surface area (Å²) in [5, 5.41) is 9.42. The summed E-state index contributed by atoms with van der Waals surface area (Å²) < 4.78 is 0. The Morgan fingerprint density at radius 2 is 1.79 bits per heavy atom. The van der Waals surface area contributed by atoms with Gasteiger partial charge >= 0.3 is 0 Å². The Morgan fingerprint density at radius 3 is 2.42 bits per heavy atom. The van der Waals surface area contributed by atoms with Gasteiger partial charge in [0, 0.05) is 18.8 Å². The molecule has 1 aromatic carbocycles. The zero-order valence-corrected chi connectivity index (χ0v) is 12.1. The normalized spacial score (nSPS) is 16.5. The van der Waals surface area contributed by atoms with Gasteiger partial charge < -0.3 is 10.0 Å². The first kappa shape index (κ1) is 14.2. The summed E-state index contributed by atoms with van der Waals surface area (Å²) in [5.74, 6) is 1.22. The van der Waals surface area contributed by atoms with Crippen molar-refractivity contribution in [1.29, 1.82) is 0 Å². The first-order valence-corrected chi connectivity index (χ1v) is 7.83. The Labute approximate surface area is 117 Å². The highest BCUT2D eigenvalue weighted by Crippen LogP contribution is 2.27. The highest BCUT2D eigenvalue weighted by atomic mass is 16.3. The number of benzene rings is 1. The molecule has 1 aliphatic carbocycles. The maximum absolute atomic E-state index is 9.42. The molecule has 0 unspecified atom stereocenters. The van der Waals surface area contributed by atoms with Crippen molar-refractivity contribution < 1.29 is 5.11 Å². The number of hydrogen-bond acceptors (Lipinski definition) is 2. The molecular formula is C17H27NO. The van der Waals surface area contributed by atoms with Crippen molar-refractivity contribution in [2.24, 2.45) is 5.92 Å². The molecule has 19 heavy (non-hydrogen) atoms. The molecule has 0 heterocycles. The molecule has 0 radical (unpaired) electrons. The standard InChI is InChI=1S/C17H27NO/c1-2-3-13-18(14-15-7-5-4-6-8-15)16-9-11-17(19)12-10-16/h9-12,15,19H,2-8,13-14H2,1H3. The molecule has 1 N–H and O–H groups in total. The van der Waals surface area contributed by atoms with Crippen molar-refractivity contribution in [2.75, 3.05) is 18.0 Å². The van der Waals surface area contributed by atoms with Gasteiger partial charge in [0.1, 0.15) is 5.75 Å². The lowest BCUT2D eigenvalue weighted by atomic mass is 9.89. The molecule has 0 atom stereocenters. The number of anilines is 1. The van der Waals surface area contributed by atoms with Crippen LogP contribution < -0.4 is 4.90 Å². The van der Waals surface area contributed by atoms with E-state index in [1.807, 2.05) is 12.1 Å². The summed E-state index contributed by atoms with van der Waals surface area (Å²) in [5.41, 5.74) is 1.26. The van der Waals surface area contributed by atoms with Crippen LogP contribution in [-0.2, 0) is 0 Å². The second-order valence-electron chi connectivity index (χ2n) is 5.82. The predicted octanol–water partition coefficient (Wildman–Crippen LogP) is 4.58. The van der Waals surface area contributed by atoms with Crippen molar-refractivity contribution in [2.45, 2.75) is 51.9 Å². The molecule has 2 heteroatoms. The minimum absolute atomic E-state index is 0.358. The molecule has 2 rings (SSSR count). The maximum atomic E-state index is 9.42. The van der Waals surface area contributed by atoms with Crippen LogP contribution >= 0.6 is 0 Å². The van der Waals surface area contributed by atoms with Crippen LogP contribution in [0.5, 0.6) is 5.75 Å². The van der Waals surface area contributed by atoms with Gasteiger partial charge in [0.2, 0.25) is 0 Å². The lowest BCUT2D eigenvalue weighted by molar-refractivity contribution is 0.357. The van der Waals surface area contributed by atoms with Crippen LogP contribution in [0.2, 0.25) is 0 Å². The van der Waals surface area contributed by atoms with Gasteiger partial charge in [-0.3, -0.25) is 0 Å². The molecular weight excluding hydrogens is 234 g/mol. The second kappa shape index (κ2) is 7.42. The number of unbranched alkanes of at least 4 members (excludes halogenated alkanes) is 1. The van der Waals surface area contributed by atoms with Crippen molar-refractivity contribution in [3.63, 3.8) is 0 Å². The van der Waals surface area contributed by atoms with E-state index >= 15 is 0 Å². The van der Waals surface area contributed by atoms with E-state index in [-0.39, 0.29) is 0 Å². The fourth-order valence-corrected chi connectivity index (χ4v) is 3.02. The van der Waals surface area contributed by atoms with Crippen LogP contribution in [-0.4, -0.2) is 18.2 Å². The first-order valence-electron chi connectivity index (χ1n) is 7.83. The van der Waals surface area contributed by atoms with Gasteiger partial charge in [0.15, 0.2) is 0 Å². The third-order valence-electron chi connectivity index (χ3n) is 4.20. The van der Waals surface area contributed by atoms with Crippen molar-refractivity contribution in [3.05, 3.63) is 24.3 Å². The summed E-state index contributed by atoms with van der Waals surface area (Å²) in [4.78, 5) is 2.51. The Balaban J connectivity index is 1.99. The fraction of sp³-hybridized carbons (Fsp3) is 0.647. The molecule has 106 valence electrons. The summed E-state index contributed by atoms with van der Waals surface area (Å²) in [6.07, 6.45) is 9.49. The highest BCUT2D eigenvalue weighted by molar-refractivity contribution is 5.48. The van der Waals surface area contributed by atoms with Crippen LogP contribution in [0.15, 0.2) is 24.3 Å². The quantitative estimate of drug-likeness (QED) is 0.810. The van der Waals surface area contributed by atoms with Crippen LogP contribution in [0.3, 0.4) is 0 Å². The average molecular weight is 261 g/mol. The Morgan fingerprint density at radius 1 is 1.11 bits per heavy atom. The van der Waals surface area contributed by atoms with Crippen LogP contribution in [0.25, 0.3) is 0 Å². The fourth-order valence-electron chi connectivity index (χ4n) is 3.02. The maximum Gasteiger partial charge on any atom is 0.115 e. The van der Waals surface area contributed by atoms with E-state index in [1.165, 1.54) is 57.2 Å². The van der Waals surface area contributed by atoms with Crippen molar-refractivity contribution in [3.8, 4) is 5.75 Å². The Hall–Kier alpha value is -1.18. The van der Waals surface area contributed by atoms with Crippen molar-refractivity contribution >= 4 is 5.69 Å². The zero-order chi connectivity index (χ0) is 13.5. The molecule has 1 aromatic rings.